The number of hydrogen-bond donors (Lipinski definition) is 1. The molecule has 0 bridgehead atoms. The number of hydrogen-bond acceptors (Lipinski definition) is 4. The third-order valence-corrected chi connectivity index (χ3v) is 7.83. The van der Waals surface area contributed by atoms with Gasteiger partial charge in [0.1, 0.15) is 11.6 Å². The monoisotopic (exact) mass is 495 g/mol. The summed E-state index contributed by atoms with van der Waals surface area (Å²) in [5, 5.41) is 2.10. The molecule has 2 aromatic rings. The zero-order chi connectivity index (χ0) is 25.6. The van der Waals surface area contributed by atoms with Gasteiger partial charge in [-0.15, -0.1) is 0 Å². The van der Waals surface area contributed by atoms with Crippen molar-refractivity contribution >= 4 is 24.1 Å². The lowest BCUT2D eigenvalue weighted by molar-refractivity contribution is -0.125. The Labute approximate surface area is 207 Å². The van der Waals surface area contributed by atoms with E-state index in [1.165, 1.54) is 12.1 Å². The fourth-order valence-corrected chi connectivity index (χ4v) is 5.85. The summed E-state index contributed by atoms with van der Waals surface area (Å²) in [6.45, 7) is 3.42. The number of rotatable bonds is 7. The van der Waals surface area contributed by atoms with Crippen LogP contribution in [0.25, 0.3) is 0 Å². The molecule has 0 aromatic heterocycles. The van der Waals surface area contributed by atoms with Gasteiger partial charge in [-0.25, -0.2) is 8.78 Å². The van der Waals surface area contributed by atoms with Gasteiger partial charge in [0.15, 0.2) is 0 Å². The first-order valence-electron chi connectivity index (χ1n) is 12.1. The van der Waals surface area contributed by atoms with Crippen molar-refractivity contribution in [1.29, 1.82) is 0 Å². The summed E-state index contributed by atoms with van der Waals surface area (Å²) in [6.07, 6.45) is 2.45. The van der Waals surface area contributed by atoms with E-state index in [1.807, 2.05) is 6.92 Å². The second-order valence-electron chi connectivity index (χ2n) is 10.3. The minimum absolute atomic E-state index is 0.00375. The van der Waals surface area contributed by atoms with Crippen LogP contribution in [-0.4, -0.2) is 53.1 Å². The third kappa shape index (κ3) is 4.27. The number of fused-ring (bicyclic) bond motifs is 1. The van der Waals surface area contributed by atoms with Crippen molar-refractivity contribution in [3.63, 3.8) is 0 Å². The van der Waals surface area contributed by atoms with Crippen LogP contribution in [0.15, 0.2) is 36.4 Å². The van der Waals surface area contributed by atoms with Crippen LogP contribution in [0.4, 0.5) is 8.78 Å². The van der Waals surface area contributed by atoms with Crippen LogP contribution < -0.4 is 5.32 Å². The van der Waals surface area contributed by atoms with Crippen LogP contribution in [0.1, 0.15) is 70.4 Å². The van der Waals surface area contributed by atoms with Crippen molar-refractivity contribution in [3.05, 3.63) is 70.3 Å². The summed E-state index contributed by atoms with van der Waals surface area (Å²) < 4.78 is 27.3. The molecule has 1 N–H and O–H groups in total. The maximum atomic E-state index is 14.1. The molecule has 2 heterocycles. The topological polar surface area (TPSA) is 86.8 Å². The molecule has 5 rings (SSSR count). The fraction of sp³-hybridized carbons (Fsp3) is 0.407. The number of amides is 4. The number of imide groups is 1. The predicted molar refractivity (Wildman–Crippen MR) is 126 cm³/mol. The number of carbonyl (C=O) groups excluding carboxylic acids is 4. The van der Waals surface area contributed by atoms with Crippen LogP contribution in [0.2, 0.25) is 0 Å². The van der Waals surface area contributed by atoms with E-state index >= 15 is 0 Å². The van der Waals surface area contributed by atoms with Crippen LogP contribution in [0.3, 0.4) is 0 Å². The Bertz CT molecular complexity index is 1250. The predicted octanol–water partition coefficient (Wildman–Crippen LogP) is 3.38. The van der Waals surface area contributed by atoms with E-state index in [0.29, 0.717) is 49.2 Å². The average Bonchev–Trinajstić information content (AvgIpc) is 3.12. The van der Waals surface area contributed by atoms with Gasteiger partial charge in [-0.2, -0.15) is 0 Å². The van der Waals surface area contributed by atoms with Crippen LogP contribution in [0, 0.1) is 17.0 Å². The molecule has 1 atom stereocenters. The Morgan fingerprint density at radius 3 is 2.61 bits per heavy atom. The van der Waals surface area contributed by atoms with Gasteiger partial charge >= 0.3 is 0 Å². The van der Waals surface area contributed by atoms with E-state index < -0.39 is 11.6 Å². The lowest BCUT2D eigenvalue weighted by Gasteiger charge is -2.59. The molecule has 2 aromatic carbocycles. The first kappa shape index (κ1) is 24.1. The van der Waals surface area contributed by atoms with Gasteiger partial charge < -0.3 is 9.80 Å². The molecule has 2 aliphatic heterocycles. The molecule has 2 fully saturated rings. The minimum atomic E-state index is -0.582. The van der Waals surface area contributed by atoms with E-state index in [1.54, 1.807) is 28.0 Å². The van der Waals surface area contributed by atoms with Gasteiger partial charge in [-0.05, 0) is 67.5 Å². The van der Waals surface area contributed by atoms with Gasteiger partial charge in [-0.3, -0.25) is 24.5 Å². The molecule has 1 unspecified atom stereocenters. The van der Waals surface area contributed by atoms with Crippen LogP contribution >= 0.6 is 0 Å². The maximum absolute atomic E-state index is 14.1. The quantitative estimate of drug-likeness (QED) is 0.597. The zero-order valence-corrected chi connectivity index (χ0v) is 19.9. The highest BCUT2D eigenvalue weighted by atomic mass is 19.1. The zero-order valence-electron chi connectivity index (χ0n) is 19.9. The van der Waals surface area contributed by atoms with Crippen molar-refractivity contribution in [2.75, 3.05) is 13.1 Å². The summed E-state index contributed by atoms with van der Waals surface area (Å²) in [4.78, 5) is 51.3. The van der Waals surface area contributed by atoms with E-state index in [2.05, 4.69) is 5.32 Å². The lowest BCUT2D eigenvalue weighted by Crippen LogP contribution is -2.63. The highest BCUT2D eigenvalue weighted by Crippen LogP contribution is 2.56. The summed E-state index contributed by atoms with van der Waals surface area (Å²) in [6, 6.07) is 8.64. The number of halogens is 2. The fourth-order valence-electron chi connectivity index (χ4n) is 5.85. The molecule has 9 heteroatoms. The number of carbonyl (C=O) groups is 4. The van der Waals surface area contributed by atoms with E-state index in [-0.39, 0.29) is 41.5 Å². The molecule has 188 valence electrons. The molecule has 1 saturated carbocycles. The van der Waals surface area contributed by atoms with Crippen molar-refractivity contribution < 1.29 is 28.0 Å². The molecule has 4 amide bonds. The van der Waals surface area contributed by atoms with Crippen molar-refractivity contribution in [2.24, 2.45) is 5.41 Å². The van der Waals surface area contributed by atoms with Crippen LogP contribution in [-0.2, 0) is 16.1 Å². The Morgan fingerprint density at radius 1 is 1.17 bits per heavy atom. The Balaban J connectivity index is 1.17. The third-order valence-electron chi connectivity index (χ3n) is 7.83. The number of nitrogens with zero attached hydrogens (tertiary/aromatic N) is 2. The number of likely N-dealkylation sites (tertiary alicyclic amines) is 1. The lowest BCUT2D eigenvalue weighted by atomic mass is 9.56. The van der Waals surface area contributed by atoms with Crippen molar-refractivity contribution in [1.82, 2.24) is 15.1 Å². The van der Waals surface area contributed by atoms with Gasteiger partial charge in [-0.1, -0.05) is 6.07 Å². The molecule has 1 aliphatic carbocycles. The van der Waals surface area contributed by atoms with E-state index in [4.69, 9.17) is 0 Å². The van der Waals surface area contributed by atoms with Gasteiger partial charge in [0.2, 0.25) is 12.3 Å². The minimum Gasteiger partial charge on any atom is -0.337 e. The normalized spacial score (nSPS) is 18.9. The van der Waals surface area contributed by atoms with E-state index in [9.17, 15) is 28.0 Å². The van der Waals surface area contributed by atoms with Crippen molar-refractivity contribution in [3.8, 4) is 0 Å². The summed E-state index contributed by atoms with van der Waals surface area (Å²) in [5.74, 6) is -1.66. The number of benzene rings is 2. The van der Waals surface area contributed by atoms with Gasteiger partial charge in [0.05, 0.1) is 0 Å². The highest BCUT2D eigenvalue weighted by molar-refractivity contribution is 6.01. The molecule has 0 radical (unpaired) electrons. The standard InChI is InChI=1S/C27H27F2N3O4/c1-16(2-7-24(34)30-15-33)32-12-18-8-17(3-5-22(18)26(32)36)25(35)31-13-27(14-31)10-19(11-27)21-6-4-20(28)9-23(21)29/h3-6,8-9,15-16,19H,2,7,10-14H2,1H3,(H,30,33,34). The molecule has 1 saturated heterocycles. The van der Waals surface area contributed by atoms with E-state index in [0.717, 1.165) is 24.5 Å². The highest BCUT2D eigenvalue weighted by Gasteiger charge is 2.54. The summed E-state index contributed by atoms with van der Waals surface area (Å²) in [5.41, 5.74) is 2.39. The maximum Gasteiger partial charge on any atom is 0.254 e. The van der Waals surface area contributed by atoms with Gasteiger partial charge in [0, 0.05) is 54.7 Å². The molecular formula is C27H27F2N3O4. The first-order valence-corrected chi connectivity index (χ1v) is 12.1. The molecule has 36 heavy (non-hydrogen) atoms. The number of nitrogens with one attached hydrogen (secondary N) is 1. The van der Waals surface area contributed by atoms with Crippen LogP contribution in [0.5, 0.6) is 0 Å². The molecular weight excluding hydrogens is 468 g/mol. The summed E-state index contributed by atoms with van der Waals surface area (Å²) >= 11 is 0. The van der Waals surface area contributed by atoms with Crippen molar-refractivity contribution in [2.45, 2.75) is 51.1 Å². The molecule has 3 aliphatic rings. The Kier molecular flexibility index (Phi) is 6.10. The average molecular weight is 496 g/mol. The first-order chi connectivity index (χ1) is 17.2. The SMILES string of the molecule is CC(CCC(=O)NC=O)N1Cc2cc(C(=O)N3CC4(CC(c5ccc(F)cc5F)C4)C3)ccc2C1=O. The second-order valence-corrected chi connectivity index (χ2v) is 10.3. The summed E-state index contributed by atoms with van der Waals surface area (Å²) in [7, 11) is 0. The largest absolute Gasteiger partial charge is 0.337 e. The van der Waals surface area contributed by atoms with Gasteiger partial charge in [0.25, 0.3) is 11.8 Å². The Hall–Kier alpha value is -3.62. The smallest absolute Gasteiger partial charge is 0.254 e. The molecule has 1 spiro atoms. The second kappa shape index (κ2) is 9.11. The molecule has 7 nitrogen and oxygen atoms in total. The Morgan fingerprint density at radius 2 is 1.92 bits per heavy atom.